The van der Waals surface area contributed by atoms with E-state index in [0.717, 1.165) is 42.7 Å². The summed E-state index contributed by atoms with van der Waals surface area (Å²) in [5.74, 6) is 0. The van der Waals surface area contributed by atoms with Crippen LogP contribution in [0.3, 0.4) is 0 Å². The molecule has 1 saturated heterocycles. The van der Waals surface area contributed by atoms with Crippen LogP contribution in [0.1, 0.15) is 12.6 Å². The Morgan fingerprint density at radius 3 is 3.00 bits per heavy atom. The number of hydrogen-bond donors (Lipinski definition) is 1. The molecular weight excluding hydrogens is 258 g/mol. The van der Waals surface area contributed by atoms with Gasteiger partial charge in [0.15, 0.2) is 0 Å². The zero-order valence-corrected chi connectivity index (χ0v) is 11.7. The lowest BCUT2D eigenvalue weighted by Crippen LogP contribution is -2.47. The molecule has 1 N–H and O–H groups in total. The number of aromatic nitrogens is 2. The Kier molecular flexibility index (Phi) is 3.59. The fourth-order valence-electron chi connectivity index (χ4n) is 2.04. The second kappa shape index (κ2) is 5.36. The molecule has 1 aliphatic heterocycles. The van der Waals surface area contributed by atoms with E-state index >= 15 is 0 Å². The summed E-state index contributed by atoms with van der Waals surface area (Å²) in [5, 5.41) is 6.53. The van der Waals surface area contributed by atoms with E-state index in [4.69, 9.17) is 4.74 Å². The van der Waals surface area contributed by atoms with E-state index in [2.05, 4.69) is 27.6 Å². The van der Waals surface area contributed by atoms with Crippen LogP contribution in [0.4, 0.5) is 0 Å². The summed E-state index contributed by atoms with van der Waals surface area (Å²) < 4.78 is 5.24. The molecule has 0 aromatic carbocycles. The summed E-state index contributed by atoms with van der Waals surface area (Å²) in [6.45, 7) is 5.73. The van der Waals surface area contributed by atoms with Crippen LogP contribution in [0.15, 0.2) is 29.8 Å². The second-order valence-electron chi connectivity index (χ2n) is 5.27. The van der Waals surface area contributed by atoms with E-state index < -0.39 is 0 Å². The largest absolute Gasteiger partial charge is 0.380 e. The molecule has 19 heavy (non-hydrogen) atoms. The van der Waals surface area contributed by atoms with Crippen LogP contribution in [0.2, 0.25) is 0 Å². The number of pyridine rings is 1. The number of nitrogens with zero attached hydrogens (tertiary/aromatic N) is 2. The number of hydrogen-bond acceptors (Lipinski definition) is 5. The Balaban J connectivity index is 1.56. The van der Waals surface area contributed by atoms with Crippen molar-refractivity contribution in [2.24, 2.45) is 5.41 Å². The molecule has 0 aliphatic carbocycles. The highest BCUT2D eigenvalue weighted by molar-refractivity contribution is 7.13. The van der Waals surface area contributed by atoms with E-state index in [9.17, 15) is 0 Å². The second-order valence-corrected chi connectivity index (χ2v) is 6.12. The first kappa shape index (κ1) is 12.7. The van der Waals surface area contributed by atoms with Crippen molar-refractivity contribution < 1.29 is 4.74 Å². The molecule has 2 aromatic rings. The van der Waals surface area contributed by atoms with E-state index in [-0.39, 0.29) is 0 Å². The van der Waals surface area contributed by atoms with Crippen molar-refractivity contribution in [3.8, 4) is 10.7 Å². The molecule has 3 rings (SSSR count). The van der Waals surface area contributed by atoms with Gasteiger partial charge in [-0.05, 0) is 12.1 Å². The molecule has 5 heteroatoms. The van der Waals surface area contributed by atoms with Crippen LogP contribution in [-0.4, -0.2) is 29.7 Å². The Labute approximate surface area is 116 Å². The van der Waals surface area contributed by atoms with Gasteiger partial charge in [0.05, 0.1) is 24.6 Å². The maximum Gasteiger partial charge on any atom is 0.142 e. The molecular formula is C14H17N3OS. The maximum atomic E-state index is 5.24. The first-order chi connectivity index (χ1) is 9.25. The Hall–Kier alpha value is -1.30. The minimum Gasteiger partial charge on any atom is -0.380 e. The van der Waals surface area contributed by atoms with Gasteiger partial charge in [-0.3, -0.25) is 4.98 Å². The summed E-state index contributed by atoms with van der Waals surface area (Å²) in [4.78, 5) is 8.92. The van der Waals surface area contributed by atoms with E-state index in [1.165, 1.54) is 0 Å². The first-order valence-corrected chi connectivity index (χ1v) is 7.27. The molecule has 0 bridgehead atoms. The predicted octanol–water partition coefficient (Wildman–Crippen LogP) is 2.33. The molecule has 2 aromatic heterocycles. The summed E-state index contributed by atoms with van der Waals surface area (Å²) in [6.07, 6.45) is 1.80. The smallest absolute Gasteiger partial charge is 0.142 e. The molecule has 4 nitrogen and oxygen atoms in total. The fourth-order valence-corrected chi connectivity index (χ4v) is 2.84. The molecule has 100 valence electrons. The van der Waals surface area contributed by atoms with Gasteiger partial charge in [0.1, 0.15) is 5.01 Å². The Bertz CT molecular complexity index is 537. The molecule has 0 spiro atoms. The van der Waals surface area contributed by atoms with Crippen LogP contribution in [0.25, 0.3) is 10.7 Å². The maximum absolute atomic E-state index is 5.24. The third-order valence-electron chi connectivity index (χ3n) is 3.19. The quantitative estimate of drug-likeness (QED) is 0.910. The summed E-state index contributed by atoms with van der Waals surface area (Å²) >= 11 is 1.64. The SMILES string of the molecule is CC1(CNCc2csc(-c3ccccn3)n2)COC1. The van der Waals surface area contributed by atoms with Crippen molar-refractivity contribution in [2.45, 2.75) is 13.5 Å². The van der Waals surface area contributed by atoms with Crippen molar-refractivity contribution in [1.29, 1.82) is 0 Å². The van der Waals surface area contributed by atoms with Gasteiger partial charge in [-0.1, -0.05) is 13.0 Å². The van der Waals surface area contributed by atoms with Crippen LogP contribution in [-0.2, 0) is 11.3 Å². The van der Waals surface area contributed by atoms with E-state index in [0.29, 0.717) is 5.41 Å². The third-order valence-corrected chi connectivity index (χ3v) is 4.11. The van der Waals surface area contributed by atoms with Crippen LogP contribution < -0.4 is 5.32 Å². The lowest BCUT2D eigenvalue weighted by Gasteiger charge is -2.38. The van der Waals surface area contributed by atoms with Crippen molar-refractivity contribution in [1.82, 2.24) is 15.3 Å². The molecule has 3 heterocycles. The number of rotatable bonds is 5. The zero-order chi connectivity index (χ0) is 13.1. The van der Waals surface area contributed by atoms with Crippen molar-refractivity contribution in [3.05, 3.63) is 35.5 Å². The summed E-state index contributed by atoms with van der Waals surface area (Å²) in [6, 6.07) is 5.89. The van der Waals surface area contributed by atoms with Gasteiger partial charge in [-0.15, -0.1) is 11.3 Å². The molecule has 0 radical (unpaired) electrons. The monoisotopic (exact) mass is 275 g/mol. The molecule has 0 saturated carbocycles. The molecule has 0 amide bonds. The molecule has 1 fully saturated rings. The number of nitrogens with one attached hydrogen (secondary N) is 1. The minimum absolute atomic E-state index is 0.305. The molecule has 0 unspecified atom stereocenters. The average molecular weight is 275 g/mol. The van der Waals surface area contributed by atoms with Gasteiger partial charge in [-0.25, -0.2) is 4.98 Å². The predicted molar refractivity (Wildman–Crippen MR) is 76.0 cm³/mol. The standard InChI is InChI=1S/C14H17N3OS/c1-14(9-18-10-14)8-15-6-11-7-19-13(17-11)12-4-2-3-5-16-12/h2-5,7,15H,6,8-10H2,1H3. The zero-order valence-electron chi connectivity index (χ0n) is 10.9. The third kappa shape index (κ3) is 3.00. The lowest BCUT2D eigenvalue weighted by molar-refractivity contribution is -0.0991. The van der Waals surface area contributed by atoms with Crippen LogP contribution >= 0.6 is 11.3 Å². The number of thiazole rings is 1. The van der Waals surface area contributed by atoms with Crippen molar-refractivity contribution >= 4 is 11.3 Å². The van der Waals surface area contributed by atoms with Gasteiger partial charge in [0.2, 0.25) is 0 Å². The topological polar surface area (TPSA) is 47.0 Å². The Morgan fingerprint density at radius 1 is 1.42 bits per heavy atom. The van der Waals surface area contributed by atoms with Crippen molar-refractivity contribution in [2.75, 3.05) is 19.8 Å². The number of ether oxygens (including phenoxy) is 1. The minimum atomic E-state index is 0.305. The first-order valence-electron chi connectivity index (χ1n) is 6.39. The van der Waals surface area contributed by atoms with Gasteiger partial charge >= 0.3 is 0 Å². The fraction of sp³-hybridized carbons (Fsp3) is 0.429. The van der Waals surface area contributed by atoms with E-state index in [1.807, 2.05) is 18.2 Å². The highest BCUT2D eigenvalue weighted by Gasteiger charge is 2.32. The summed E-state index contributed by atoms with van der Waals surface area (Å²) in [7, 11) is 0. The van der Waals surface area contributed by atoms with Crippen LogP contribution in [0, 0.1) is 5.41 Å². The van der Waals surface area contributed by atoms with Gasteiger partial charge in [-0.2, -0.15) is 0 Å². The molecule has 0 atom stereocenters. The average Bonchev–Trinajstić information content (AvgIpc) is 2.87. The van der Waals surface area contributed by atoms with Gasteiger partial charge < -0.3 is 10.1 Å². The van der Waals surface area contributed by atoms with Crippen LogP contribution in [0.5, 0.6) is 0 Å². The summed E-state index contributed by atoms with van der Waals surface area (Å²) in [5.41, 5.74) is 2.33. The van der Waals surface area contributed by atoms with Gasteiger partial charge in [0, 0.05) is 30.1 Å². The highest BCUT2D eigenvalue weighted by atomic mass is 32.1. The normalized spacial score (nSPS) is 17.1. The lowest BCUT2D eigenvalue weighted by atomic mass is 9.89. The highest BCUT2D eigenvalue weighted by Crippen LogP contribution is 2.25. The molecule has 1 aliphatic rings. The van der Waals surface area contributed by atoms with Gasteiger partial charge in [0.25, 0.3) is 0 Å². The van der Waals surface area contributed by atoms with E-state index in [1.54, 1.807) is 17.5 Å². The Morgan fingerprint density at radius 2 is 2.32 bits per heavy atom. The van der Waals surface area contributed by atoms with Crippen molar-refractivity contribution in [3.63, 3.8) is 0 Å².